The molecule has 1 N–H and O–H groups in total. The van der Waals surface area contributed by atoms with Gasteiger partial charge < -0.3 is 15.0 Å². The molecule has 1 unspecified atom stereocenters. The van der Waals surface area contributed by atoms with E-state index in [1.807, 2.05) is 19.1 Å². The number of carbonyl (C=O) groups is 2. The van der Waals surface area contributed by atoms with Crippen molar-refractivity contribution in [1.82, 2.24) is 10.2 Å². The highest BCUT2D eigenvalue weighted by molar-refractivity contribution is 6.30. The average molecular weight is 361 g/mol. The Bertz CT molecular complexity index is 745. The van der Waals surface area contributed by atoms with Crippen molar-refractivity contribution in [3.05, 3.63) is 64.7 Å². The zero-order chi connectivity index (χ0) is 18.4. The summed E-state index contributed by atoms with van der Waals surface area (Å²) >= 11 is 5.88. The van der Waals surface area contributed by atoms with Gasteiger partial charge in [-0.15, -0.1) is 0 Å². The van der Waals surface area contributed by atoms with Crippen LogP contribution in [0.25, 0.3) is 0 Å². The van der Waals surface area contributed by atoms with E-state index < -0.39 is 0 Å². The first-order chi connectivity index (χ1) is 11.9. The van der Waals surface area contributed by atoms with Crippen LogP contribution in [0.4, 0.5) is 0 Å². The summed E-state index contributed by atoms with van der Waals surface area (Å²) in [6.07, 6.45) is 0. The number of nitrogens with zero attached hydrogens (tertiary/aromatic N) is 1. The van der Waals surface area contributed by atoms with Crippen molar-refractivity contribution in [3.63, 3.8) is 0 Å². The van der Waals surface area contributed by atoms with Crippen molar-refractivity contribution in [2.75, 3.05) is 20.7 Å². The molecule has 0 aliphatic rings. The van der Waals surface area contributed by atoms with E-state index in [1.54, 1.807) is 50.5 Å². The molecule has 5 nitrogen and oxygen atoms in total. The fourth-order valence-electron chi connectivity index (χ4n) is 2.12. The molecule has 2 aromatic rings. The SMILES string of the molecule is CC(NC(=O)c1cccc(OCC(=O)N(C)C)c1)c1ccc(Cl)cc1. The maximum absolute atomic E-state index is 12.4. The molecule has 25 heavy (non-hydrogen) atoms. The van der Waals surface area contributed by atoms with Crippen LogP contribution in [0.5, 0.6) is 5.75 Å². The first-order valence-corrected chi connectivity index (χ1v) is 8.24. The Labute approximate surface area is 152 Å². The predicted octanol–water partition coefficient (Wildman–Crippen LogP) is 3.30. The first kappa shape index (κ1) is 18.8. The van der Waals surface area contributed by atoms with Gasteiger partial charge in [0.15, 0.2) is 6.61 Å². The minimum atomic E-state index is -0.216. The summed E-state index contributed by atoms with van der Waals surface area (Å²) < 4.78 is 5.44. The molecule has 2 amide bonds. The zero-order valence-electron chi connectivity index (χ0n) is 14.5. The number of hydrogen-bond acceptors (Lipinski definition) is 3. The fraction of sp³-hybridized carbons (Fsp3) is 0.263. The van der Waals surface area contributed by atoms with Gasteiger partial charge in [0.1, 0.15) is 5.75 Å². The van der Waals surface area contributed by atoms with Crippen LogP contribution in [0.2, 0.25) is 5.02 Å². The molecular weight excluding hydrogens is 340 g/mol. The van der Waals surface area contributed by atoms with Crippen LogP contribution < -0.4 is 10.1 Å². The molecule has 0 aliphatic carbocycles. The van der Waals surface area contributed by atoms with Crippen molar-refractivity contribution in [2.24, 2.45) is 0 Å². The standard InChI is InChI=1S/C19H21ClN2O3/c1-13(14-7-9-16(20)10-8-14)21-19(24)15-5-4-6-17(11-15)25-12-18(23)22(2)3/h4-11,13H,12H2,1-3H3,(H,21,24). The average Bonchev–Trinajstić information content (AvgIpc) is 2.60. The summed E-state index contributed by atoms with van der Waals surface area (Å²) in [6, 6.07) is 13.9. The van der Waals surface area contributed by atoms with Crippen LogP contribution in [-0.4, -0.2) is 37.4 Å². The molecular formula is C19H21ClN2O3. The number of ether oxygens (including phenoxy) is 1. The van der Waals surface area contributed by atoms with Gasteiger partial charge in [0.2, 0.25) is 0 Å². The molecule has 0 heterocycles. The Hall–Kier alpha value is -2.53. The highest BCUT2D eigenvalue weighted by atomic mass is 35.5. The third kappa shape index (κ3) is 5.50. The number of halogens is 1. The van der Waals surface area contributed by atoms with Crippen LogP contribution in [0.15, 0.2) is 48.5 Å². The van der Waals surface area contributed by atoms with Crippen LogP contribution in [0.1, 0.15) is 28.9 Å². The maximum Gasteiger partial charge on any atom is 0.259 e. The van der Waals surface area contributed by atoms with E-state index in [0.29, 0.717) is 16.3 Å². The summed E-state index contributed by atoms with van der Waals surface area (Å²) in [5, 5.41) is 3.58. The molecule has 6 heteroatoms. The number of rotatable bonds is 6. The lowest BCUT2D eigenvalue weighted by Crippen LogP contribution is -2.28. The minimum Gasteiger partial charge on any atom is -0.484 e. The van der Waals surface area contributed by atoms with E-state index in [0.717, 1.165) is 5.56 Å². The van der Waals surface area contributed by atoms with Crippen molar-refractivity contribution in [2.45, 2.75) is 13.0 Å². The Balaban J connectivity index is 2.00. The normalized spacial score (nSPS) is 11.5. The predicted molar refractivity (Wildman–Crippen MR) is 98.0 cm³/mol. The number of likely N-dealkylation sites (N-methyl/N-ethyl adjacent to an activating group) is 1. The number of benzene rings is 2. The molecule has 1 atom stereocenters. The second kappa shape index (κ2) is 8.53. The van der Waals surface area contributed by atoms with Gasteiger partial charge in [0.25, 0.3) is 11.8 Å². The van der Waals surface area contributed by atoms with Crippen LogP contribution in [0.3, 0.4) is 0 Å². The second-order valence-electron chi connectivity index (χ2n) is 5.85. The third-order valence-electron chi connectivity index (χ3n) is 3.67. The Morgan fingerprint density at radius 3 is 2.48 bits per heavy atom. The highest BCUT2D eigenvalue weighted by Crippen LogP contribution is 2.18. The molecule has 0 bridgehead atoms. The van der Waals surface area contributed by atoms with Gasteiger partial charge in [-0.1, -0.05) is 29.8 Å². The molecule has 132 valence electrons. The number of carbonyl (C=O) groups excluding carboxylic acids is 2. The quantitative estimate of drug-likeness (QED) is 0.859. The zero-order valence-corrected chi connectivity index (χ0v) is 15.2. The topological polar surface area (TPSA) is 58.6 Å². The van der Waals surface area contributed by atoms with E-state index >= 15 is 0 Å². The number of hydrogen-bond donors (Lipinski definition) is 1. The monoisotopic (exact) mass is 360 g/mol. The van der Waals surface area contributed by atoms with Crippen molar-refractivity contribution in [3.8, 4) is 5.75 Å². The van der Waals surface area contributed by atoms with Crippen LogP contribution in [0, 0.1) is 0 Å². The van der Waals surface area contributed by atoms with E-state index in [-0.39, 0.29) is 24.5 Å². The van der Waals surface area contributed by atoms with Gasteiger partial charge in [0.05, 0.1) is 6.04 Å². The molecule has 0 spiro atoms. The molecule has 0 fully saturated rings. The second-order valence-corrected chi connectivity index (χ2v) is 6.29. The van der Waals surface area contributed by atoms with Gasteiger partial charge in [-0.25, -0.2) is 0 Å². The molecule has 0 aromatic heterocycles. The molecule has 2 rings (SSSR count). The van der Waals surface area contributed by atoms with Crippen molar-refractivity contribution in [1.29, 1.82) is 0 Å². The largest absolute Gasteiger partial charge is 0.484 e. The smallest absolute Gasteiger partial charge is 0.259 e. The van der Waals surface area contributed by atoms with E-state index in [9.17, 15) is 9.59 Å². The summed E-state index contributed by atoms with van der Waals surface area (Å²) in [7, 11) is 3.32. The molecule has 0 radical (unpaired) electrons. The lowest BCUT2D eigenvalue weighted by molar-refractivity contribution is -0.130. The molecule has 0 aliphatic heterocycles. The Morgan fingerprint density at radius 2 is 1.84 bits per heavy atom. The molecule has 0 saturated heterocycles. The van der Waals surface area contributed by atoms with E-state index in [2.05, 4.69) is 5.32 Å². The molecule has 0 saturated carbocycles. The van der Waals surface area contributed by atoms with Gasteiger partial charge in [-0.3, -0.25) is 9.59 Å². The van der Waals surface area contributed by atoms with E-state index in [1.165, 1.54) is 4.90 Å². The lowest BCUT2D eigenvalue weighted by Gasteiger charge is -2.15. The Kier molecular flexibility index (Phi) is 6.42. The summed E-state index contributed by atoms with van der Waals surface area (Å²) in [6.45, 7) is 1.83. The minimum absolute atomic E-state index is 0.0702. The van der Waals surface area contributed by atoms with Gasteiger partial charge in [-0.2, -0.15) is 0 Å². The summed E-state index contributed by atoms with van der Waals surface area (Å²) in [4.78, 5) is 25.4. The van der Waals surface area contributed by atoms with Crippen molar-refractivity contribution >= 4 is 23.4 Å². The maximum atomic E-state index is 12.4. The summed E-state index contributed by atoms with van der Waals surface area (Å²) in [5.41, 5.74) is 1.43. The summed E-state index contributed by atoms with van der Waals surface area (Å²) in [5.74, 6) is 0.111. The lowest BCUT2D eigenvalue weighted by atomic mass is 10.1. The van der Waals surface area contributed by atoms with Crippen molar-refractivity contribution < 1.29 is 14.3 Å². The number of amides is 2. The van der Waals surface area contributed by atoms with Gasteiger partial charge in [0, 0.05) is 24.7 Å². The fourth-order valence-corrected chi connectivity index (χ4v) is 2.24. The van der Waals surface area contributed by atoms with E-state index in [4.69, 9.17) is 16.3 Å². The highest BCUT2D eigenvalue weighted by Gasteiger charge is 2.13. The van der Waals surface area contributed by atoms with Crippen LogP contribution in [-0.2, 0) is 4.79 Å². The Morgan fingerprint density at radius 1 is 1.16 bits per heavy atom. The third-order valence-corrected chi connectivity index (χ3v) is 3.93. The number of nitrogens with one attached hydrogen (secondary N) is 1. The van der Waals surface area contributed by atoms with Crippen LogP contribution >= 0.6 is 11.6 Å². The first-order valence-electron chi connectivity index (χ1n) is 7.86. The molecule has 2 aromatic carbocycles. The van der Waals surface area contributed by atoms with Gasteiger partial charge in [-0.05, 0) is 42.8 Å². The van der Waals surface area contributed by atoms with Gasteiger partial charge >= 0.3 is 0 Å².